The SMILES string of the molecule is C1CCC([NH2+]C2CCCCC2)CC1.CC(=O)N[C@@](CS)(C(=O)[O-])C(C)CCO. The van der Waals surface area contributed by atoms with Gasteiger partial charge in [-0.15, -0.1) is 0 Å². The summed E-state index contributed by atoms with van der Waals surface area (Å²) in [5.74, 6) is -2.36. The average Bonchev–Trinajstić information content (AvgIpc) is 2.68. The molecule has 0 aromatic heterocycles. The third-order valence-corrected chi connectivity index (χ3v) is 6.76. The number of amides is 1. The largest absolute Gasteiger partial charge is 0.548 e. The number of carboxylic acids is 1. The third kappa shape index (κ3) is 8.29. The second kappa shape index (κ2) is 13.4. The van der Waals surface area contributed by atoms with E-state index in [0.717, 1.165) is 12.1 Å². The molecular formula is C21H40N2O4S. The number of aliphatic carboxylic acids is 1. The van der Waals surface area contributed by atoms with Crippen LogP contribution in [0.2, 0.25) is 0 Å². The van der Waals surface area contributed by atoms with Crippen LogP contribution in [0, 0.1) is 5.92 Å². The lowest BCUT2D eigenvalue weighted by Gasteiger charge is -2.39. The van der Waals surface area contributed by atoms with Crippen molar-refractivity contribution in [3.05, 3.63) is 0 Å². The smallest absolute Gasteiger partial charge is 0.217 e. The number of quaternary nitrogens is 1. The molecule has 0 heterocycles. The normalized spacial score (nSPS) is 21.7. The fraction of sp³-hybridized carbons (Fsp3) is 0.905. The number of carboxylic acid groups (broad SMARTS) is 1. The highest BCUT2D eigenvalue weighted by atomic mass is 32.1. The minimum Gasteiger partial charge on any atom is -0.548 e. The molecule has 0 aromatic rings. The number of thiol groups is 1. The van der Waals surface area contributed by atoms with Crippen LogP contribution in [0.1, 0.15) is 84.5 Å². The fourth-order valence-corrected chi connectivity index (χ4v) is 4.95. The first-order chi connectivity index (χ1) is 13.4. The molecule has 0 aliphatic heterocycles. The summed E-state index contributed by atoms with van der Waals surface area (Å²) < 4.78 is 0. The number of hydrogen-bond acceptors (Lipinski definition) is 5. The van der Waals surface area contributed by atoms with Crippen molar-refractivity contribution in [1.82, 2.24) is 5.32 Å². The number of aliphatic hydroxyl groups excluding tert-OH is 1. The van der Waals surface area contributed by atoms with Crippen molar-refractivity contribution in [3.63, 3.8) is 0 Å². The van der Waals surface area contributed by atoms with Crippen molar-refractivity contribution in [3.8, 4) is 0 Å². The summed E-state index contributed by atoms with van der Waals surface area (Å²) >= 11 is 3.93. The Morgan fingerprint density at radius 3 is 1.89 bits per heavy atom. The van der Waals surface area contributed by atoms with Crippen LogP contribution in [-0.2, 0) is 9.59 Å². The van der Waals surface area contributed by atoms with E-state index in [1.807, 2.05) is 0 Å². The second-order valence-electron chi connectivity index (χ2n) is 8.50. The molecule has 0 saturated heterocycles. The lowest BCUT2D eigenvalue weighted by Crippen LogP contribution is -2.95. The van der Waals surface area contributed by atoms with Gasteiger partial charge in [-0.1, -0.05) is 19.8 Å². The van der Waals surface area contributed by atoms with Gasteiger partial charge in [-0.3, -0.25) is 4.79 Å². The van der Waals surface area contributed by atoms with Crippen LogP contribution >= 0.6 is 12.6 Å². The maximum atomic E-state index is 11.0. The van der Waals surface area contributed by atoms with Gasteiger partial charge in [0.25, 0.3) is 0 Å². The highest BCUT2D eigenvalue weighted by Gasteiger charge is 2.37. The van der Waals surface area contributed by atoms with Gasteiger partial charge in [0.15, 0.2) is 0 Å². The lowest BCUT2D eigenvalue weighted by molar-refractivity contribution is -0.725. The quantitative estimate of drug-likeness (QED) is 0.439. The Balaban J connectivity index is 0.000000281. The van der Waals surface area contributed by atoms with Crippen LogP contribution in [-0.4, -0.2) is 47.0 Å². The zero-order chi connectivity index (χ0) is 21.0. The summed E-state index contributed by atoms with van der Waals surface area (Å²) in [7, 11) is 0. The zero-order valence-corrected chi connectivity index (χ0v) is 18.5. The minimum absolute atomic E-state index is 0.0733. The third-order valence-electron chi connectivity index (χ3n) is 6.26. The van der Waals surface area contributed by atoms with E-state index in [1.54, 1.807) is 6.92 Å². The Bertz CT molecular complexity index is 449. The van der Waals surface area contributed by atoms with Gasteiger partial charge in [0.1, 0.15) is 0 Å². The Labute approximate surface area is 175 Å². The van der Waals surface area contributed by atoms with Gasteiger partial charge >= 0.3 is 0 Å². The molecule has 0 aromatic carbocycles. The number of aliphatic hydroxyl groups is 1. The highest BCUT2D eigenvalue weighted by molar-refractivity contribution is 7.80. The standard InChI is InChI=1S/C12H23N.C9H17NO4S/c1-3-7-11(8-4-1)13-12-9-5-2-6-10-12;1-6(3-4-11)9(5-15,8(13)14)10-7(2)12/h11-13H,1-10H2;6,11,15H,3-5H2,1-2H3,(H,10,12)(H,13,14)/t;6?,9-/m.1/s1. The molecule has 2 aliphatic carbocycles. The number of rotatable bonds is 8. The van der Waals surface area contributed by atoms with Gasteiger partial charge in [-0.2, -0.15) is 12.6 Å². The van der Waals surface area contributed by atoms with Crippen molar-refractivity contribution in [2.45, 2.75) is 102 Å². The first-order valence-electron chi connectivity index (χ1n) is 10.9. The van der Waals surface area contributed by atoms with Gasteiger partial charge in [0.05, 0.1) is 23.6 Å². The number of carbonyl (C=O) groups is 2. The minimum atomic E-state index is -1.52. The summed E-state index contributed by atoms with van der Waals surface area (Å²) in [4.78, 5) is 22.0. The maximum absolute atomic E-state index is 11.0. The number of nitrogens with one attached hydrogen (secondary N) is 1. The molecule has 164 valence electrons. The molecule has 0 radical (unpaired) electrons. The molecule has 1 amide bonds. The average molecular weight is 417 g/mol. The van der Waals surface area contributed by atoms with Gasteiger partial charge in [0.2, 0.25) is 5.91 Å². The fourth-order valence-electron chi connectivity index (χ4n) is 4.43. The molecule has 0 bridgehead atoms. The summed E-state index contributed by atoms with van der Waals surface area (Å²) in [6.07, 6.45) is 15.2. The first-order valence-corrected chi connectivity index (χ1v) is 11.6. The number of hydrogen-bond donors (Lipinski definition) is 4. The van der Waals surface area contributed by atoms with Crippen LogP contribution in [0.4, 0.5) is 0 Å². The van der Waals surface area contributed by atoms with E-state index < -0.39 is 23.3 Å². The van der Waals surface area contributed by atoms with E-state index in [0.29, 0.717) is 0 Å². The van der Waals surface area contributed by atoms with E-state index in [2.05, 4.69) is 23.3 Å². The van der Waals surface area contributed by atoms with Gasteiger partial charge in [0, 0.05) is 19.3 Å². The molecule has 2 fully saturated rings. The molecule has 6 nitrogen and oxygen atoms in total. The summed E-state index contributed by atoms with van der Waals surface area (Å²) in [6.45, 7) is 2.70. The van der Waals surface area contributed by atoms with Gasteiger partial charge < -0.3 is 25.6 Å². The van der Waals surface area contributed by atoms with Crippen molar-refractivity contribution >= 4 is 24.5 Å². The van der Waals surface area contributed by atoms with Crippen molar-refractivity contribution in [2.24, 2.45) is 5.92 Å². The Hall–Kier alpha value is -0.790. The van der Waals surface area contributed by atoms with E-state index in [1.165, 1.54) is 71.1 Å². The molecule has 7 heteroatoms. The zero-order valence-electron chi connectivity index (χ0n) is 17.6. The van der Waals surface area contributed by atoms with Gasteiger partial charge in [-0.05, 0) is 63.7 Å². The van der Waals surface area contributed by atoms with Crippen molar-refractivity contribution < 1.29 is 25.1 Å². The van der Waals surface area contributed by atoms with Crippen LogP contribution in [0.3, 0.4) is 0 Å². The molecule has 2 atom stereocenters. The Morgan fingerprint density at radius 1 is 1.11 bits per heavy atom. The topological polar surface area (TPSA) is 106 Å². The molecular weight excluding hydrogens is 376 g/mol. The Morgan fingerprint density at radius 2 is 1.57 bits per heavy atom. The van der Waals surface area contributed by atoms with Crippen molar-refractivity contribution in [1.29, 1.82) is 0 Å². The highest BCUT2D eigenvalue weighted by Crippen LogP contribution is 2.22. The predicted molar refractivity (Wildman–Crippen MR) is 112 cm³/mol. The second-order valence-corrected chi connectivity index (χ2v) is 8.82. The molecule has 28 heavy (non-hydrogen) atoms. The van der Waals surface area contributed by atoms with E-state index in [4.69, 9.17) is 5.11 Å². The van der Waals surface area contributed by atoms with Gasteiger partial charge in [-0.25, -0.2) is 0 Å². The monoisotopic (exact) mass is 416 g/mol. The summed E-state index contributed by atoms with van der Waals surface area (Å²) in [5, 5.41) is 24.9. The number of nitrogens with two attached hydrogens (primary N) is 1. The van der Waals surface area contributed by atoms with Crippen molar-refractivity contribution in [2.75, 3.05) is 12.4 Å². The number of carbonyl (C=O) groups excluding carboxylic acids is 2. The molecule has 0 spiro atoms. The molecule has 1 unspecified atom stereocenters. The first kappa shape index (κ1) is 25.2. The van der Waals surface area contributed by atoms with E-state index >= 15 is 0 Å². The Kier molecular flexibility index (Phi) is 12.1. The summed E-state index contributed by atoms with van der Waals surface area (Å²) in [6, 6.07) is 1.99. The molecule has 2 saturated carbocycles. The van der Waals surface area contributed by atoms with Crippen LogP contribution in [0.5, 0.6) is 0 Å². The van der Waals surface area contributed by atoms with E-state index in [-0.39, 0.29) is 18.8 Å². The van der Waals surface area contributed by atoms with E-state index in [9.17, 15) is 14.7 Å². The molecule has 2 rings (SSSR count). The summed E-state index contributed by atoms with van der Waals surface area (Å²) in [5.41, 5.74) is -1.52. The maximum Gasteiger partial charge on any atom is 0.217 e. The predicted octanol–water partition coefficient (Wildman–Crippen LogP) is 0.775. The lowest BCUT2D eigenvalue weighted by atomic mass is 9.84. The van der Waals surface area contributed by atoms with Crippen LogP contribution in [0.25, 0.3) is 0 Å². The van der Waals surface area contributed by atoms with Crippen LogP contribution in [0.15, 0.2) is 0 Å². The molecule has 2 aliphatic rings. The molecule has 4 N–H and O–H groups in total. The van der Waals surface area contributed by atoms with Crippen LogP contribution < -0.4 is 15.7 Å².